The number of para-hydroxylation sites is 1. The van der Waals surface area contributed by atoms with E-state index < -0.39 is 5.97 Å². The van der Waals surface area contributed by atoms with Crippen molar-refractivity contribution in [3.8, 4) is 0 Å². The number of rotatable bonds is 2. The standard InChI is InChI=1S/C16H17NO2/c18-16(19)15-10-13(11-6-2-1-3-7-11)12-8-4-5-9-14(12)17-15/h4-5,8-11H,1-3,6-7H2,(H,18,19). The minimum absolute atomic E-state index is 0.166. The third-order valence-electron chi connectivity index (χ3n) is 4.01. The van der Waals surface area contributed by atoms with Crippen molar-refractivity contribution in [2.24, 2.45) is 0 Å². The van der Waals surface area contributed by atoms with Crippen LogP contribution in [0.25, 0.3) is 10.9 Å². The fraction of sp³-hybridized carbons (Fsp3) is 0.375. The molecule has 19 heavy (non-hydrogen) atoms. The lowest BCUT2D eigenvalue weighted by molar-refractivity contribution is 0.0691. The van der Waals surface area contributed by atoms with Gasteiger partial charge in [0.2, 0.25) is 0 Å². The third-order valence-corrected chi connectivity index (χ3v) is 4.01. The van der Waals surface area contributed by atoms with E-state index in [1.807, 2.05) is 18.2 Å². The molecule has 1 fully saturated rings. The lowest BCUT2D eigenvalue weighted by Crippen LogP contribution is -2.08. The topological polar surface area (TPSA) is 50.2 Å². The number of carboxylic acids is 1. The van der Waals surface area contributed by atoms with E-state index in [2.05, 4.69) is 11.1 Å². The maximum atomic E-state index is 11.2. The van der Waals surface area contributed by atoms with Gasteiger partial charge in [0.05, 0.1) is 5.52 Å². The summed E-state index contributed by atoms with van der Waals surface area (Å²) in [6.45, 7) is 0. The number of nitrogens with zero attached hydrogens (tertiary/aromatic N) is 1. The summed E-state index contributed by atoms with van der Waals surface area (Å²) in [4.78, 5) is 15.4. The monoisotopic (exact) mass is 255 g/mol. The maximum absolute atomic E-state index is 11.2. The molecule has 98 valence electrons. The Bertz CT molecular complexity index is 615. The first-order valence-electron chi connectivity index (χ1n) is 6.88. The van der Waals surface area contributed by atoms with Crippen molar-refractivity contribution in [2.75, 3.05) is 0 Å². The number of carboxylic acid groups (broad SMARTS) is 1. The van der Waals surface area contributed by atoms with Crippen LogP contribution in [-0.4, -0.2) is 16.1 Å². The Balaban J connectivity index is 2.16. The molecule has 2 aromatic rings. The number of hydrogen-bond donors (Lipinski definition) is 1. The Kier molecular flexibility index (Phi) is 3.20. The SMILES string of the molecule is O=C(O)c1cc(C2CCCCC2)c2ccccc2n1. The molecule has 1 aliphatic carbocycles. The van der Waals surface area contributed by atoms with Gasteiger partial charge in [0.15, 0.2) is 0 Å². The Morgan fingerprint density at radius 1 is 1.16 bits per heavy atom. The lowest BCUT2D eigenvalue weighted by atomic mass is 9.82. The molecular weight excluding hydrogens is 238 g/mol. The molecule has 0 unspecified atom stereocenters. The van der Waals surface area contributed by atoms with Crippen molar-refractivity contribution in [1.29, 1.82) is 0 Å². The van der Waals surface area contributed by atoms with Gasteiger partial charge in [0.25, 0.3) is 0 Å². The largest absolute Gasteiger partial charge is 0.477 e. The van der Waals surface area contributed by atoms with Gasteiger partial charge in [-0.1, -0.05) is 37.5 Å². The fourth-order valence-corrected chi connectivity index (χ4v) is 3.06. The second-order valence-corrected chi connectivity index (χ2v) is 5.25. The zero-order chi connectivity index (χ0) is 13.2. The zero-order valence-electron chi connectivity index (χ0n) is 10.8. The summed E-state index contributed by atoms with van der Waals surface area (Å²) in [5.74, 6) is -0.456. The van der Waals surface area contributed by atoms with Gasteiger partial charge < -0.3 is 5.11 Å². The lowest BCUT2D eigenvalue weighted by Gasteiger charge is -2.23. The maximum Gasteiger partial charge on any atom is 0.354 e. The van der Waals surface area contributed by atoms with Crippen molar-refractivity contribution >= 4 is 16.9 Å². The molecule has 3 rings (SSSR count). The molecule has 0 atom stereocenters. The van der Waals surface area contributed by atoms with Crippen LogP contribution in [0.2, 0.25) is 0 Å². The molecule has 3 nitrogen and oxygen atoms in total. The van der Waals surface area contributed by atoms with Crippen molar-refractivity contribution < 1.29 is 9.90 Å². The first-order valence-corrected chi connectivity index (χ1v) is 6.88. The number of aromatic carboxylic acids is 1. The molecule has 1 aromatic heterocycles. The molecule has 1 heterocycles. The van der Waals surface area contributed by atoms with Crippen LogP contribution in [0, 0.1) is 0 Å². The number of aromatic nitrogens is 1. The summed E-state index contributed by atoms with van der Waals surface area (Å²) < 4.78 is 0. The van der Waals surface area contributed by atoms with E-state index >= 15 is 0 Å². The molecule has 1 saturated carbocycles. The molecule has 0 aliphatic heterocycles. The van der Waals surface area contributed by atoms with Gasteiger partial charge in [-0.15, -0.1) is 0 Å². The summed E-state index contributed by atoms with van der Waals surface area (Å²) in [5, 5.41) is 10.3. The van der Waals surface area contributed by atoms with E-state index in [0.717, 1.165) is 23.7 Å². The average Bonchev–Trinajstić information content (AvgIpc) is 2.47. The first-order chi connectivity index (χ1) is 9.25. The van der Waals surface area contributed by atoms with Crippen molar-refractivity contribution in [1.82, 2.24) is 4.98 Å². The number of hydrogen-bond acceptors (Lipinski definition) is 2. The van der Waals surface area contributed by atoms with Gasteiger partial charge in [-0.2, -0.15) is 0 Å². The number of fused-ring (bicyclic) bond motifs is 1. The van der Waals surface area contributed by atoms with Crippen LogP contribution in [0.4, 0.5) is 0 Å². The van der Waals surface area contributed by atoms with Crippen LogP contribution in [0.15, 0.2) is 30.3 Å². The quantitative estimate of drug-likeness (QED) is 0.883. The molecule has 0 bridgehead atoms. The molecule has 0 spiro atoms. The van der Waals surface area contributed by atoms with E-state index in [0.29, 0.717) is 5.92 Å². The highest BCUT2D eigenvalue weighted by Crippen LogP contribution is 2.36. The van der Waals surface area contributed by atoms with Gasteiger partial charge in [-0.25, -0.2) is 9.78 Å². The summed E-state index contributed by atoms with van der Waals surface area (Å²) in [6, 6.07) is 9.63. The molecule has 1 N–H and O–H groups in total. The highest BCUT2D eigenvalue weighted by molar-refractivity contribution is 5.91. The second kappa shape index (κ2) is 5.00. The summed E-state index contributed by atoms with van der Waals surface area (Å²) in [6.07, 6.45) is 6.10. The molecule has 1 aromatic carbocycles. The van der Waals surface area contributed by atoms with Gasteiger partial charge in [0, 0.05) is 5.39 Å². The molecule has 1 aliphatic rings. The van der Waals surface area contributed by atoms with E-state index in [4.69, 9.17) is 0 Å². The fourth-order valence-electron chi connectivity index (χ4n) is 3.06. The second-order valence-electron chi connectivity index (χ2n) is 5.25. The van der Waals surface area contributed by atoms with Crippen LogP contribution in [-0.2, 0) is 0 Å². The summed E-state index contributed by atoms with van der Waals surface area (Å²) >= 11 is 0. The van der Waals surface area contributed by atoms with Crippen molar-refractivity contribution in [3.05, 3.63) is 41.6 Å². The Labute approximate surface area is 112 Å². The number of benzene rings is 1. The third kappa shape index (κ3) is 2.33. The minimum Gasteiger partial charge on any atom is -0.477 e. The van der Waals surface area contributed by atoms with Crippen LogP contribution in [0.3, 0.4) is 0 Å². The molecule has 0 radical (unpaired) electrons. The Hall–Kier alpha value is -1.90. The van der Waals surface area contributed by atoms with E-state index in [-0.39, 0.29) is 5.69 Å². The zero-order valence-corrected chi connectivity index (χ0v) is 10.8. The average molecular weight is 255 g/mol. The predicted octanol–water partition coefficient (Wildman–Crippen LogP) is 3.98. The predicted molar refractivity (Wildman–Crippen MR) is 74.5 cm³/mol. The number of carbonyl (C=O) groups is 1. The van der Waals surface area contributed by atoms with E-state index in [1.165, 1.54) is 24.8 Å². The molecule has 3 heteroatoms. The van der Waals surface area contributed by atoms with Crippen LogP contribution < -0.4 is 0 Å². The van der Waals surface area contributed by atoms with Gasteiger partial charge >= 0.3 is 5.97 Å². The molecular formula is C16H17NO2. The van der Waals surface area contributed by atoms with Crippen LogP contribution in [0.1, 0.15) is 54.1 Å². The smallest absolute Gasteiger partial charge is 0.354 e. The molecule has 0 amide bonds. The van der Waals surface area contributed by atoms with Gasteiger partial charge in [-0.05, 0) is 36.5 Å². The highest BCUT2D eigenvalue weighted by atomic mass is 16.4. The van der Waals surface area contributed by atoms with Crippen LogP contribution in [0.5, 0.6) is 0 Å². The minimum atomic E-state index is -0.942. The normalized spacial score (nSPS) is 16.6. The highest BCUT2D eigenvalue weighted by Gasteiger charge is 2.20. The number of pyridine rings is 1. The van der Waals surface area contributed by atoms with Gasteiger partial charge in [0.1, 0.15) is 5.69 Å². The van der Waals surface area contributed by atoms with Crippen molar-refractivity contribution in [3.63, 3.8) is 0 Å². The van der Waals surface area contributed by atoms with E-state index in [1.54, 1.807) is 6.07 Å². The van der Waals surface area contributed by atoms with E-state index in [9.17, 15) is 9.90 Å². The Morgan fingerprint density at radius 2 is 1.89 bits per heavy atom. The first kappa shape index (κ1) is 12.2. The van der Waals surface area contributed by atoms with Gasteiger partial charge in [-0.3, -0.25) is 0 Å². The van der Waals surface area contributed by atoms with Crippen molar-refractivity contribution in [2.45, 2.75) is 38.0 Å². The Morgan fingerprint density at radius 3 is 2.63 bits per heavy atom. The summed E-state index contributed by atoms with van der Waals surface area (Å²) in [7, 11) is 0. The van der Waals surface area contributed by atoms with Crippen LogP contribution >= 0.6 is 0 Å². The summed E-state index contributed by atoms with van der Waals surface area (Å²) in [5.41, 5.74) is 2.13. The molecule has 0 saturated heterocycles.